The molecule has 0 saturated heterocycles. The second-order valence-corrected chi connectivity index (χ2v) is 4.82. The molecule has 3 nitrogen and oxygen atoms in total. The average molecular weight is 228 g/mol. The van der Waals surface area contributed by atoms with Crippen molar-refractivity contribution in [1.29, 1.82) is 5.26 Å². The maximum Gasteiger partial charge on any atom is 0.217 e. The van der Waals surface area contributed by atoms with E-state index in [0.717, 1.165) is 17.5 Å². The Hall–Kier alpha value is -1.82. The molecular weight excluding hydrogens is 212 g/mol. The van der Waals surface area contributed by atoms with Crippen LogP contribution in [0.15, 0.2) is 23.2 Å². The summed E-state index contributed by atoms with van der Waals surface area (Å²) in [5.41, 5.74) is 2.52. The number of rotatable bonds is 2. The molecule has 1 heterocycles. The van der Waals surface area contributed by atoms with Gasteiger partial charge in [-0.3, -0.25) is 0 Å². The van der Waals surface area contributed by atoms with E-state index in [0.29, 0.717) is 18.1 Å². The third kappa shape index (κ3) is 2.16. The largest absolute Gasteiger partial charge is 0.475 e. The van der Waals surface area contributed by atoms with Crippen LogP contribution < -0.4 is 0 Å². The molecule has 0 amide bonds. The van der Waals surface area contributed by atoms with Gasteiger partial charge in [0.15, 0.2) is 0 Å². The smallest absolute Gasteiger partial charge is 0.217 e. The van der Waals surface area contributed by atoms with Gasteiger partial charge in [0, 0.05) is 5.56 Å². The SMILES string of the molecule is CCc1c(C#N)cccc1C1=NC(C)(C)CO1. The number of aliphatic imine (C=N–C) groups is 1. The Kier molecular flexibility index (Phi) is 2.89. The monoisotopic (exact) mass is 228 g/mol. The van der Waals surface area contributed by atoms with Gasteiger partial charge in [0.25, 0.3) is 0 Å². The molecule has 0 N–H and O–H groups in total. The van der Waals surface area contributed by atoms with Gasteiger partial charge in [0.05, 0.1) is 17.2 Å². The second-order valence-electron chi connectivity index (χ2n) is 4.82. The van der Waals surface area contributed by atoms with Gasteiger partial charge < -0.3 is 4.74 Å². The molecule has 0 spiro atoms. The van der Waals surface area contributed by atoms with E-state index in [-0.39, 0.29) is 5.54 Å². The van der Waals surface area contributed by atoms with Crippen LogP contribution in [-0.2, 0) is 11.2 Å². The Morgan fingerprint density at radius 3 is 2.76 bits per heavy atom. The van der Waals surface area contributed by atoms with Gasteiger partial charge in [0.1, 0.15) is 6.61 Å². The lowest BCUT2D eigenvalue weighted by molar-refractivity contribution is 0.279. The lowest BCUT2D eigenvalue weighted by Gasteiger charge is -2.08. The van der Waals surface area contributed by atoms with E-state index in [1.165, 1.54) is 0 Å². The van der Waals surface area contributed by atoms with Crippen LogP contribution >= 0.6 is 0 Å². The van der Waals surface area contributed by atoms with E-state index in [4.69, 9.17) is 10.00 Å². The molecule has 0 saturated carbocycles. The standard InChI is InChI=1S/C14H16N2O/c1-4-11-10(8-15)6-5-7-12(11)13-16-14(2,3)9-17-13/h5-7H,4,9H2,1-3H3. The molecule has 3 heteroatoms. The molecular formula is C14H16N2O. The predicted molar refractivity (Wildman–Crippen MR) is 67.1 cm³/mol. The highest BCUT2D eigenvalue weighted by molar-refractivity contribution is 5.97. The van der Waals surface area contributed by atoms with Gasteiger partial charge in [0.2, 0.25) is 5.90 Å². The summed E-state index contributed by atoms with van der Waals surface area (Å²) in [5, 5.41) is 9.09. The Balaban J connectivity index is 2.51. The summed E-state index contributed by atoms with van der Waals surface area (Å²) in [4.78, 5) is 4.56. The molecule has 88 valence electrons. The minimum atomic E-state index is -0.164. The molecule has 1 aromatic rings. The van der Waals surface area contributed by atoms with Gasteiger partial charge in [-0.05, 0) is 38.0 Å². The lowest BCUT2D eigenvalue weighted by Crippen LogP contribution is -2.17. The normalized spacial score (nSPS) is 17.2. The zero-order valence-electron chi connectivity index (χ0n) is 10.4. The minimum Gasteiger partial charge on any atom is -0.475 e. The van der Waals surface area contributed by atoms with Gasteiger partial charge >= 0.3 is 0 Å². The third-order valence-electron chi connectivity index (χ3n) is 2.85. The van der Waals surface area contributed by atoms with E-state index < -0.39 is 0 Å². The van der Waals surface area contributed by atoms with Crippen LogP contribution in [0.3, 0.4) is 0 Å². The van der Waals surface area contributed by atoms with Gasteiger partial charge in [-0.25, -0.2) is 4.99 Å². The molecule has 0 unspecified atom stereocenters. The van der Waals surface area contributed by atoms with Gasteiger partial charge in [-0.15, -0.1) is 0 Å². The van der Waals surface area contributed by atoms with E-state index in [1.807, 2.05) is 39.0 Å². The summed E-state index contributed by atoms with van der Waals surface area (Å²) in [7, 11) is 0. The fourth-order valence-electron chi connectivity index (χ4n) is 2.00. The molecule has 0 atom stereocenters. The molecule has 1 aliphatic heterocycles. The minimum absolute atomic E-state index is 0.164. The molecule has 0 bridgehead atoms. The Morgan fingerprint density at radius 1 is 1.47 bits per heavy atom. The summed E-state index contributed by atoms with van der Waals surface area (Å²) < 4.78 is 5.64. The fraction of sp³-hybridized carbons (Fsp3) is 0.429. The summed E-state index contributed by atoms with van der Waals surface area (Å²) in [6.07, 6.45) is 0.807. The van der Waals surface area contributed by atoms with E-state index in [1.54, 1.807) is 0 Å². The van der Waals surface area contributed by atoms with Crippen LogP contribution in [0.4, 0.5) is 0 Å². The zero-order chi connectivity index (χ0) is 12.5. The topological polar surface area (TPSA) is 45.4 Å². The van der Waals surface area contributed by atoms with Crippen molar-refractivity contribution in [2.24, 2.45) is 4.99 Å². The number of hydrogen-bond donors (Lipinski definition) is 0. The predicted octanol–water partition coefficient (Wildman–Crippen LogP) is 2.68. The van der Waals surface area contributed by atoms with Crippen LogP contribution in [0, 0.1) is 11.3 Å². The Morgan fingerprint density at radius 2 is 2.24 bits per heavy atom. The highest BCUT2D eigenvalue weighted by Crippen LogP contribution is 2.24. The summed E-state index contributed by atoms with van der Waals surface area (Å²) >= 11 is 0. The highest BCUT2D eigenvalue weighted by Gasteiger charge is 2.28. The highest BCUT2D eigenvalue weighted by atomic mass is 16.5. The zero-order valence-corrected chi connectivity index (χ0v) is 10.4. The van der Waals surface area contributed by atoms with Crippen LogP contribution in [0.5, 0.6) is 0 Å². The van der Waals surface area contributed by atoms with Gasteiger partial charge in [-0.1, -0.05) is 13.0 Å². The Labute approximate surface area is 102 Å². The van der Waals surface area contributed by atoms with Crippen molar-refractivity contribution in [3.05, 3.63) is 34.9 Å². The van der Waals surface area contributed by atoms with Crippen LogP contribution in [0.1, 0.15) is 37.5 Å². The van der Waals surface area contributed by atoms with Crippen molar-refractivity contribution in [3.63, 3.8) is 0 Å². The molecule has 1 aromatic carbocycles. The number of hydrogen-bond acceptors (Lipinski definition) is 3. The van der Waals surface area contributed by atoms with Crippen molar-refractivity contribution in [2.75, 3.05) is 6.61 Å². The van der Waals surface area contributed by atoms with Crippen molar-refractivity contribution in [3.8, 4) is 6.07 Å². The summed E-state index contributed by atoms with van der Waals surface area (Å²) in [6.45, 7) is 6.72. The van der Waals surface area contributed by atoms with Crippen LogP contribution in [-0.4, -0.2) is 18.0 Å². The molecule has 1 aliphatic rings. The maximum atomic E-state index is 9.09. The number of nitrogens with zero attached hydrogens (tertiary/aromatic N) is 2. The molecule has 0 fully saturated rings. The number of benzene rings is 1. The van der Waals surface area contributed by atoms with Crippen molar-refractivity contribution >= 4 is 5.90 Å². The Bertz CT molecular complexity index is 509. The van der Waals surface area contributed by atoms with E-state index >= 15 is 0 Å². The van der Waals surface area contributed by atoms with Crippen LogP contribution in [0.2, 0.25) is 0 Å². The van der Waals surface area contributed by atoms with Gasteiger partial charge in [-0.2, -0.15) is 5.26 Å². The summed E-state index contributed by atoms with van der Waals surface area (Å²) in [6, 6.07) is 7.91. The fourth-order valence-corrected chi connectivity index (χ4v) is 2.00. The van der Waals surface area contributed by atoms with E-state index in [9.17, 15) is 0 Å². The van der Waals surface area contributed by atoms with E-state index in [2.05, 4.69) is 11.1 Å². The number of nitriles is 1. The third-order valence-corrected chi connectivity index (χ3v) is 2.85. The van der Waals surface area contributed by atoms with Crippen molar-refractivity contribution in [1.82, 2.24) is 0 Å². The lowest BCUT2D eigenvalue weighted by atomic mass is 9.99. The quantitative estimate of drug-likeness (QED) is 0.781. The first-order valence-corrected chi connectivity index (χ1v) is 5.82. The van der Waals surface area contributed by atoms with Crippen LogP contribution in [0.25, 0.3) is 0 Å². The first kappa shape index (κ1) is 11.7. The van der Waals surface area contributed by atoms with Crippen molar-refractivity contribution < 1.29 is 4.74 Å². The molecule has 2 rings (SSSR count). The summed E-state index contributed by atoms with van der Waals surface area (Å²) in [5.74, 6) is 0.670. The van der Waals surface area contributed by atoms with Crippen molar-refractivity contribution in [2.45, 2.75) is 32.7 Å². The number of ether oxygens (including phenoxy) is 1. The molecule has 17 heavy (non-hydrogen) atoms. The first-order valence-electron chi connectivity index (χ1n) is 5.82. The molecule has 0 radical (unpaired) electrons. The maximum absolute atomic E-state index is 9.09. The second kappa shape index (κ2) is 4.21. The molecule has 0 aromatic heterocycles. The average Bonchev–Trinajstić information content (AvgIpc) is 2.68. The first-order chi connectivity index (χ1) is 8.07. The molecule has 0 aliphatic carbocycles.